The monoisotopic (exact) mass is 277 g/mol. The Hall–Kier alpha value is -0.680. The van der Waals surface area contributed by atoms with E-state index < -0.39 is 11.6 Å². The van der Waals surface area contributed by atoms with Crippen LogP contribution in [0.5, 0.6) is 5.75 Å². The quantitative estimate of drug-likeness (QED) is 0.774. The van der Waals surface area contributed by atoms with Crippen LogP contribution in [0.1, 0.15) is 24.4 Å². The van der Waals surface area contributed by atoms with Crippen molar-refractivity contribution in [2.24, 2.45) is 0 Å². The average Bonchev–Trinajstić information content (AvgIpc) is 2.73. The topological polar surface area (TPSA) is 32.3 Å². The van der Waals surface area contributed by atoms with Crippen LogP contribution in [0.2, 0.25) is 0 Å². The van der Waals surface area contributed by atoms with Crippen molar-refractivity contribution >= 4 is 15.9 Å². The summed E-state index contributed by atoms with van der Waals surface area (Å²) in [5.41, 5.74) is 0.415. The Morgan fingerprint density at radius 3 is 2.80 bits per heavy atom. The average molecular weight is 278 g/mol. The molecule has 5 heteroatoms. The minimum Gasteiger partial charge on any atom is -0.506 e. The highest BCUT2D eigenvalue weighted by Crippen LogP contribution is 2.38. The molecule has 0 radical (unpaired) electrons. The van der Waals surface area contributed by atoms with Gasteiger partial charge in [0.15, 0.2) is 11.6 Å². The molecule has 1 aromatic carbocycles. The summed E-state index contributed by atoms with van der Waals surface area (Å²) in [6.45, 7) is 0.834. The van der Waals surface area contributed by atoms with Crippen LogP contribution in [-0.4, -0.2) is 11.7 Å². The molecule has 1 aliphatic heterocycles. The molecule has 1 unspecified atom stereocenters. The normalized spacial score (nSPS) is 20.9. The molecule has 2 N–H and O–H groups in total. The second-order valence-electron chi connectivity index (χ2n) is 3.57. The maximum Gasteiger partial charge on any atom is 0.176 e. The number of phenols is 1. The van der Waals surface area contributed by atoms with E-state index >= 15 is 0 Å². The van der Waals surface area contributed by atoms with Gasteiger partial charge in [-0.15, -0.1) is 0 Å². The molecule has 82 valence electrons. The van der Waals surface area contributed by atoms with Crippen molar-refractivity contribution in [1.29, 1.82) is 0 Å². The van der Waals surface area contributed by atoms with Crippen molar-refractivity contribution < 1.29 is 13.9 Å². The summed E-state index contributed by atoms with van der Waals surface area (Å²) < 4.78 is 26.0. The lowest BCUT2D eigenvalue weighted by atomic mass is 10.0. The molecule has 0 spiro atoms. The van der Waals surface area contributed by atoms with E-state index in [1.807, 2.05) is 0 Å². The summed E-state index contributed by atoms with van der Waals surface area (Å²) in [5, 5.41) is 12.8. The van der Waals surface area contributed by atoms with Crippen molar-refractivity contribution in [3.8, 4) is 5.75 Å². The molecule has 15 heavy (non-hydrogen) atoms. The second kappa shape index (κ2) is 4.06. The Kier molecular flexibility index (Phi) is 2.93. The van der Waals surface area contributed by atoms with Gasteiger partial charge in [0.1, 0.15) is 5.75 Å². The van der Waals surface area contributed by atoms with Crippen LogP contribution in [0.15, 0.2) is 10.5 Å². The predicted molar refractivity (Wildman–Crippen MR) is 55.7 cm³/mol. The zero-order chi connectivity index (χ0) is 11.0. The van der Waals surface area contributed by atoms with Gasteiger partial charge in [-0.1, -0.05) is 0 Å². The summed E-state index contributed by atoms with van der Waals surface area (Å²) in [5.74, 6) is -2.20. The maximum atomic E-state index is 13.1. The highest BCUT2D eigenvalue weighted by molar-refractivity contribution is 9.10. The molecule has 0 bridgehead atoms. The number of nitrogens with one attached hydrogen (secondary N) is 1. The molecule has 0 amide bonds. The number of phenolic OH excluding ortho intramolecular Hbond substituents is 1. The SMILES string of the molecule is Oc1c(C2CCCN2)cc(F)c(F)c1Br. The Morgan fingerprint density at radius 1 is 1.47 bits per heavy atom. The predicted octanol–water partition coefficient (Wildman–Crippen LogP) is 2.86. The van der Waals surface area contributed by atoms with E-state index in [2.05, 4.69) is 21.2 Å². The van der Waals surface area contributed by atoms with Gasteiger partial charge in [0.25, 0.3) is 0 Å². The van der Waals surface area contributed by atoms with Gasteiger partial charge in [-0.25, -0.2) is 8.78 Å². The lowest BCUT2D eigenvalue weighted by Gasteiger charge is -2.14. The van der Waals surface area contributed by atoms with Crippen LogP contribution in [0.3, 0.4) is 0 Å². The molecule has 1 heterocycles. The van der Waals surface area contributed by atoms with Gasteiger partial charge in [0, 0.05) is 11.6 Å². The molecule has 1 aliphatic rings. The van der Waals surface area contributed by atoms with Crippen LogP contribution in [-0.2, 0) is 0 Å². The molecule has 1 saturated heterocycles. The number of aromatic hydroxyl groups is 1. The van der Waals surface area contributed by atoms with Crippen molar-refractivity contribution in [1.82, 2.24) is 5.32 Å². The van der Waals surface area contributed by atoms with E-state index in [1.54, 1.807) is 0 Å². The number of halogens is 3. The van der Waals surface area contributed by atoms with Gasteiger partial charge in [0.2, 0.25) is 0 Å². The lowest BCUT2D eigenvalue weighted by Crippen LogP contribution is -2.13. The van der Waals surface area contributed by atoms with E-state index in [4.69, 9.17) is 0 Å². The molecule has 1 fully saturated rings. The first-order valence-corrected chi connectivity index (χ1v) is 5.50. The van der Waals surface area contributed by atoms with E-state index in [0.717, 1.165) is 25.5 Å². The maximum absolute atomic E-state index is 13.1. The van der Waals surface area contributed by atoms with Crippen LogP contribution in [0.25, 0.3) is 0 Å². The smallest absolute Gasteiger partial charge is 0.176 e. The molecule has 1 atom stereocenters. The van der Waals surface area contributed by atoms with Gasteiger partial charge < -0.3 is 10.4 Å². The first-order chi connectivity index (χ1) is 7.11. The number of benzene rings is 1. The molecule has 0 saturated carbocycles. The number of hydrogen-bond donors (Lipinski definition) is 2. The van der Waals surface area contributed by atoms with Gasteiger partial charge in [-0.2, -0.15) is 0 Å². The Morgan fingerprint density at radius 2 is 2.20 bits per heavy atom. The summed E-state index contributed by atoms with van der Waals surface area (Å²) in [4.78, 5) is 0. The van der Waals surface area contributed by atoms with Crippen LogP contribution < -0.4 is 5.32 Å². The molecule has 0 aliphatic carbocycles. The fourth-order valence-corrected chi connectivity index (χ4v) is 2.24. The van der Waals surface area contributed by atoms with Crippen LogP contribution >= 0.6 is 15.9 Å². The van der Waals surface area contributed by atoms with E-state index in [-0.39, 0.29) is 16.3 Å². The molecular weight excluding hydrogens is 268 g/mol. The Balaban J connectivity index is 2.47. The van der Waals surface area contributed by atoms with Gasteiger partial charge in [0.05, 0.1) is 4.47 Å². The highest BCUT2D eigenvalue weighted by Gasteiger charge is 2.24. The molecular formula is C10H10BrF2NO. The lowest BCUT2D eigenvalue weighted by molar-refractivity contribution is 0.431. The number of rotatable bonds is 1. The standard InChI is InChI=1S/C10H10BrF2NO/c11-8-9(13)6(12)4-5(10(8)15)7-2-1-3-14-7/h4,7,14-15H,1-3H2. The molecule has 2 rings (SSSR count). The molecule has 0 aromatic heterocycles. The van der Waals surface area contributed by atoms with Gasteiger partial charge in [-0.05, 0) is 41.4 Å². The van der Waals surface area contributed by atoms with Crippen molar-refractivity contribution in [2.75, 3.05) is 6.54 Å². The van der Waals surface area contributed by atoms with Gasteiger partial charge in [-0.3, -0.25) is 0 Å². The Labute approximate surface area is 94.4 Å². The van der Waals surface area contributed by atoms with Crippen LogP contribution in [0, 0.1) is 11.6 Å². The van der Waals surface area contributed by atoms with Gasteiger partial charge >= 0.3 is 0 Å². The fourth-order valence-electron chi connectivity index (χ4n) is 1.82. The Bertz CT molecular complexity index is 391. The zero-order valence-corrected chi connectivity index (χ0v) is 9.44. The summed E-state index contributed by atoms with van der Waals surface area (Å²) in [6.07, 6.45) is 1.80. The highest BCUT2D eigenvalue weighted by atomic mass is 79.9. The third-order valence-corrected chi connectivity index (χ3v) is 3.33. The number of hydrogen-bond acceptors (Lipinski definition) is 2. The summed E-state index contributed by atoms with van der Waals surface area (Å²) in [6, 6.07) is 0.967. The summed E-state index contributed by atoms with van der Waals surface area (Å²) in [7, 11) is 0. The molecule has 2 nitrogen and oxygen atoms in total. The van der Waals surface area contributed by atoms with E-state index in [0.29, 0.717) is 5.56 Å². The van der Waals surface area contributed by atoms with Crippen molar-refractivity contribution in [3.63, 3.8) is 0 Å². The minimum atomic E-state index is -1.05. The summed E-state index contributed by atoms with van der Waals surface area (Å²) >= 11 is 2.84. The van der Waals surface area contributed by atoms with Crippen molar-refractivity contribution in [3.05, 3.63) is 27.7 Å². The minimum absolute atomic E-state index is 0.0867. The largest absolute Gasteiger partial charge is 0.506 e. The first kappa shape index (κ1) is 10.8. The second-order valence-corrected chi connectivity index (χ2v) is 4.37. The first-order valence-electron chi connectivity index (χ1n) is 4.71. The van der Waals surface area contributed by atoms with E-state index in [9.17, 15) is 13.9 Å². The third kappa shape index (κ3) is 1.86. The fraction of sp³-hybridized carbons (Fsp3) is 0.400. The van der Waals surface area contributed by atoms with Crippen LogP contribution in [0.4, 0.5) is 8.78 Å². The van der Waals surface area contributed by atoms with E-state index in [1.165, 1.54) is 0 Å². The van der Waals surface area contributed by atoms with Crippen molar-refractivity contribution in [2.45, 2.75) is 18.9 Å². The zero-order valence-electron chi connectivity index (χ0n) is 7.86. The molecule has 1 aromatic rings. The third-order valence-electron chi connectivity index (χ3n) is 2.60.